The minimum atomic E-state index is -0.341. The third-order valence-corrected chi connectivity index (χ3v) is 2.75. The highest BCUT2D eigenvalue weighted by Gasteiger charge is 2.08. The van der Waals surface area contributed by atoms with E-state index in [0.717, 1.165) is 22.6 Å². The Kier molecular flexibility index (Phi) is 3.26. The Balaban J connectivity index is 2.43. The van der Waals surface area contributed by atoms with Gasteiger partial charge in [0.2, 0.25) is 0 Å². The minimum absolute atomic E-state index is 0.0550. The highest BCUT2D eigenvalue weighted by Crippen LogP contribution is 2.17. The van der Waals surface area contributed by atoms with Crippen molar-refractivity contribution in [3.63, 3.8) is 0 Å². The number of aliphatic hydroxyl groups is 1. The van der Waals surface area contributed by atoms with Crippen molar-refractivity contribution < 1.29 is 5.11 Å². The zero-order chi connectivity index (χ0) is 12.4. The molecular formula is C13H17N3O. The Hall–Kier alpha value is -1.65. The molecule has 4 nitrogen and oxygen atoms in total. The van der Waals surface area contributed by atoms with Gasteiger partial charge in [0, 0.05) is 5.69 Å². The van der Waals surface area contributed by atoms with Crippen molar-refractivity contribution in [2.24, 2.45) is 5.73 Å². The van der Waals surface area contributed by atoms with Gasteiger partial charge in [-0.2, -0.15) is 5.10 Å². The number of aliphatic hydroxyl groups excluding tert-OH is 1. The van der Waals surface area contributed by atoms with Gasteiger partial charge in [-0.1, -0.05) is 12.1 Å². The van der Waals surface area contributed by atoms with Crippen LogP contribution in [0.25, 0.3) is 5.69 Å². The molecule has 0 bridgehead atoms. The summed E-state index contributed by atoms with van der Waals surface area (Å²) in [7, 11) is 0. The van der Waals surface area contributed by atoms with E-state index in [9.17, 15) is 0 Å². The average molecular weight is 231 g/mol. The lowest BCUT2D eigenvalue weighted by Gasteiger charge is -2.11. The molecule has 1 aromatic heterocycles. The number of benzene rings is 1. The van der Waals surface area contributed by atoms with Crippen LogP contribution in [0.15, 0.2) is 30.3 Å². The predicted molar refractivity (Wildman–Crippen MR) is 67.1 cm³/mol. The van der Waals surface area contributed by atoms with E-state index in [0.29, 0.717) is 0 Å². The lowest BCUT2D eigenvalue weighted by atomic mass is 10.1. The van der Waals surface area contributed by atoms with Crippen molar-refractivity contribution >= 4 is 0 Å². The molecule has 0 aliphatic rings. The maximum atomic E-state index is 9.06. The fourth-order valence-corrected chi connectivity index (χ4v) is 1.88. The second-order valence-corrected chi connectivity index (χ2v) is 4.22. The molecule has 0 radical (unpaired) electrons. The molecule has 4 heteroatoms. The van der Waals surface area contributed by atoms with Crippen LogP contribution in [0.5, 0.6) is 0 Å². The zero-order valence-corrected chi connectivity index (χ0v) is 10.1. The molecule has 0 saturated heterocycles. The molecule has 0 spiro atoms. The molecular weight excluding hydrogens is 214 g/mol. The first kappa shape index (κ1) is 11.8. The highest BCUT2D eigenvalue weighted by molar-refractivity contribution is 5.38. The summed E-state index contributed by atoms with van der Waals surface area (Å²) in [5, 5.41) is 13.5. The van der Waals surface area contributed by atoms with Gasteiger partial charge in [0.1, 0.15) is 0 Å². The summed E-state index contributed by atoms with van der Waals surface area (Å²) in [5.74, 6) is 0. The van der Waals surface area contributed by atoms with Crippen LogP contribution >= 0.6 is 0 Å². The van der Waals surface area contributed by atoms with E-state index < -0.39 is 0 Å². The smallest absolute Gasteiger partial charge is 0.0652 e. The van der Waals surface area contributed by atoms with E-state index in [2.05, 4.69) is 5.10 Å². The molecule has 2 rings (SSSR count). The Labute approximate surface area is 101 Å². The van der Waals surface area contributed by atoms with Crippen LogP contribution in [0.1, 0.15) is 23.0 Å². The summed E-state index contributed by atoms with van der Waals surface area (Å²) in [6, 6.07) is 9.46. The molecule has 0 unspecified atom stereocenters. The fourth-order valence-electron chi connectivity index (χ4n) is 1.88. The molecule has 2 aromatic rings. The molecule has 0 aliphatic heterocycles. The largest absolute Gasteiger partial charge is 0.394 e. The number of aromatic nitrogens is 2. The van der Waals surface area contributed by atoms with Gasteiger partial charge >= 0.3 is 0 Å². The predicted octanol–water partition coefficient (Wildman–Crippen LogP) is 1.48. The van der Waals surface area contributed by atoms with E-state index in [1.807, 2.05) is 48.9 Å². The van der Waals surface area contributed by atoms with Crippen LogP contribution in [0, 0.1) is 13.8 Å². The van der Waals surface area contributed by atoms with Gasteiger partial charge in [0.25, 0.3) is 0 Å². The summed E-state index contributed by atoms with van der Waals surface area (Å²) in [6.07, 6.45) is 0. The van der Waals surface area contributed by atoms with Gasteiger partial charge < -0.3 is 10.8 Å². The molecule has 0 saturated carbocycles. The Morgan fingerprint density at radius 3 is 2.71 bits per heavy atom. The summed E-state index contributed by atoms with van der Waals surface area (Å²) >= 11 is 0. The lowest BCUT2D eigenvalue weighted by Crippen LogP contribution is -2.14. The lowest BCUT2D eigenvalue weighted by molar-refractivity contribution is 0.268. The van der Waals surface area contributed by atoms with Crippen LogP contribution < -0.4 is 5.73 Å². The average Bonchev–Trinajstić information content (AvgIpc) is 2.67. The van der Waals surface area contributed by atoms with E-state index >= 15 is 0 Å². The van der Waals surface area contributed by atoms with Gasteiger partial charge in [-0.25, -0.2) is 4.68 Å². The van der Waals surface area contributed by atoms with Crippen LogP contribution in [-0.4, -0.2) is 21.5 Å². The van der Waals surface area contributed by atoms with Crippen molar-refractivity contribution in [1.29, 1.82) is 0 Å². The molecule has 17 heavy (non-hydrogen) atoms. The molecule has 3 N–H and O–H groups in total. The first-order chi connectivity index (χ1) is 8.11. The zero-order valence-electron chi connectivity index (χ0n) is 10.1. The quantitative estimate of drug-likeness (QED) is 0.841. The fraction of sp³-hybridized carbons (Fsp3) is 0.308. The Bertz CT molecular complexity index is 519. The van der Waals surface area contributed by atoms with Crippen LogP contribution in [0.3, 0.4) is 0 Å². The summed E-state index contributed by atoms with van der Waals surface area (Å²) < 4.78 is 1.88. The molecule has 0 aliphatic carbocycles. The third kappa shape index (κ3) is 2.38. The van der Waals surface area contributed by atoms with Gasteiger partial charge in [0.05, 0.1) is 24.0 Å². The van der Waals surface area contributed by atoms with E-state index in [1.54, 1.807) is 0 Å². The number of hydrogen-bond donors (Lipinski definition) is 2. The molecule has 1 aromatic carbocycles. The summed E-state index contributed by atoms with van der Waals surface area (Å²) in [6.45, 7) is 3.92. The number of nitrogens with two attached hydrogens (primary N) is 1. The number of rotatable bonds is 3. The molecule has 90 valence electrons. The Morgan fingerprint density at radius 2 is 2.12 bits per heavy atom. The van der Waals surface area contributed by atoms with E-state index in [4.69, 9.17) is 10.8 Å². The van der Waals surface area contributed by atoms with E-state index in [1.165, 1.54) is 0 Å². The summed E-state index contributed by atoms with van der Waals surface area (Å²) in [4.78, 5) is 0. The van der Waals surface area contributed by atoms with Gasteiger partial charge in [-0.05, 0) is 37.6 Å². The molecule has 0 amide bonds. The van der Waals surface area contributed by atoms with E-state index in [-0.39, 0.29) is 12.6 Å². The topological polar surface area (TPSA) is 64.1 Å². The van der Waals surface area contributed by atoms with Crippen molar-refractivity contribution in [3.8, 4) is 5.69 Å². The maximum Gasteiger partial charge on any atom is 0.0652 e. The second kappa shape index (κ2) is 4.69. The number of aryl methyl sites for hydroxylation is 2. The molecule has 0 fully saturated rings. The Morgan fingerprint density at radius 1 is 1.35 bits per heavy atom. The monoisotopic (exact) mass is 231 g/mol. The maximum absolute atomic E-state index is 9.06. The number of hydrogen-bond acceptors (Lipinski definition) is 3. The van der Waals surface area contributed by atoms with Crippen LogP contribution in [-0.2, 0) is 0 Å². The minimum Gasteiger partial charge on any atom is -0.394 e. The molecule has 1 atom stereocenters. The van der Waals surface area contributed by atoms with Crippen LogP contribution in [0.2, 0.25) is 0 Å². The van der Waals surface area contributed by atoms with Crippen LogP contribution in [0.4, 0.5) is 0 Å². The second-order valence-electron chi connectivity index (χ2n) is 4.22. The van der Waals surface area contributed by atoms with Gasteiger partial charge in [0.15, 0.2) is 0 Å². The van der Waals surface area contributed by atoms with Gasteiger partial charge in [-0.3, -0.25) is 0 Å². The number of nitrogens with zero attached hydrogens (tertiary/aromatic N) is 2. The normalized spacial score (nSPS) is 12.7. The first-order valence-electron chi connectivity index (χ1n) is 5.62. The first-order valence-corrected chi connectivity index (χ1v) is 5.62. The van der Waals surface area contributed by atoms with Gasteiger partial charge in [-0.15, -0.1) is 0 Å². The SMILES string of the molecule is Cc1cc(C)n(-c2cccc([C@@H](N)CO)c2)n1. The standard InChI is InChI=1S/C13H17N3O/c1-9-6-10(2)16(15-9)12-5-3-4-11(7-12)13(14)8-17/h3-7,13,17H,8,14H2,1-2H3/t13-/m0/s1. The van der Waals surface area contributed by atoms with Crippen molar-refractivity contribution in [2.75, 3.05) is 6.61 Å². The van der Waals surface area contributed by atoms with Crippen molar-refractivity contribution in [1.82, 2.24) is 9.78 Å². The highest BCUT2D eigenvalue weighted by atomic mass is 16.3. The molecule has 1 heterocycles. The van der Waals surface area contributed by atoms with Crippen molar-refractivity contribution in [2.45, 2.75) is 19.9 Å². The summed E-state index contributed by atoms with van der Waals surface area (Å²) in [5.41, 5.74) is 9.75. The third-order valence-electron chi connectivity index (χ3n) is 2.75. The van der Waals surface area contributed by atoms with Crippen molar-refractivity contribution in [3.05, 3.63) is 47.3 Å².